The zero-order chi connectivity index (χ0) is 20.8. The third-order valence-corrected chi connectivity index (χ3v) is 4.16. The molecule has 0 saturated carbocycles. The number of carbonyl (C=O) groups is 2. The molecule has 0 saturated heterocycles. The molecule has 0 bridgehead atoms. The van der Waals surface area contributed by atoms with Gasteiger partial charge in [-0.1, -0.05) is 54.6 Å². The van der Waals surface area contributed by atoms with E-state index in [2.05, 4.69) is 10.1 Å². The van der Waals surface area contributed by atoms with E-state index in [0.29, 0.717) is 12.1 Å². The zero-order valence-corrected chi connectivity index (χ0v) is 15.4. The smallest absolute Gasteiger partial charge is 0.411 e. The van der Waals surface area contributed by atoms with Gasteiger partial charge in [0.2, 0.25) is 0 Å². The average Bonchev–Trinajstić information content (AvgIpc) is 2.75. The van der Waals surface area contributed by atoms with Crippen LogP contribution in [0.2, 0.25) is 0 Å². The van der Waals surface area contributed by atoms with Gasteiger partial charge in [0.15, 0.2) is 11.6 Å². The Balaban J connectivity index is 1.75. The van der Waals surface area contributed by atoms with Gasteiger partial charge in [-0.25, -0.2) is 18.4 Å². The first-order valence-corrected chi connectivity index (χ1v) is 8.64. The van der Waals surface area contributed by atoms with E-state index in [4.69, 9.17) is 4.74 Å². The Morgan fingerprint density at radius 1 is 0.931 bits per heavy atom. The van der Waals surface area contributed by atoms with Crippen molar-refractivity contribution in [1.29, 1.82) is 0 Å². The number of anilines is 1. The summed E-state index contributed by atoms with van der Waals surface area (Å²) in [5.41, 5.74) is 2.03. The fourth-order valence-electron chi connectivity index (χ4n) is 2.76. The quantitative estimate of drug-likeness (QED) is 0.604. The maximum Gasteiger partial charge on any atom is 0.411 e. The summed E-state index contributed by atoms with van der Waals surface area (Å²) in [5, 5.41) is 2.25. The predicted molar refractivity (Wildman–Crippen MR) is 103 cm³/mol. The summed E-state index contributed by atoms with van der Waals surface area (Å²) in [6.07, 6.45) is -0.927. The maximum atomic E-state index is 13.5. The van der Waals surface area contributed by atoms with Crippen molar-refractivity contribution in [3.63, 3.8) is 0 Å². The van der Waals surface area contributed by atoms with Crippen molar-refractivity contribution in [1.82, 2.24) is 0 Å². The normalized spacial score (nSPS) is 10.3. The number of methoxy groups -OCH3 is 1. The van der Waals surface area contributed by atoms with E-state index in [1.807, 2.05) is 54.6 Å². The second-order valence-corrected chi connectivity index (χ2v) is 6.03. The van der Waals surface area contributed by atoms with Crippen molar-refractivity contribution in [2.45, 2.75) is 6.61 Å². The molecule has 29 heavy (non-hydrogen) atoms. The van der Waals surface area contributed by atoms with E-state index in [0.717, 1.165) is 23.8 Å². The van der Waals surface area contributed by atoms with Crippen LogP contribution in [0.25, 0.3) is 11.1 Å². The first-order valence-electron chi connectivity index (χ1n) is 8.64. The highest BCUT2D eigenvalue weighted by Crippen LogP contribution is 2.25. The third kappa shape index (κ3) is 4.76. The summed E-state index contributed by atoms with van der Waals surface area (Å²) in [6, 6.07) is 18.3. The lowest BCUT2D eigenvalue weighted by molar-refractivity contribution is 0.0601. The Hall–Kier alpha value is -3.74. The number of amides is 1. The van der Waals surface area contributed by atoms with Crippen molar-refractivity contribution in [2.24, 2.45) is 0 Å². The number of nitrogens with one attached hydrogen (secondary N) is 1. The first kappa shape index (κ1) is 20.0. The topological polar surface area (TPSA) is 64.6 Å². The van der Waals surface area contributed by atoms with Gasteiger partial charge < -0.3 is 9.47 Å². The average molecular weight is 397 g/mol. The van der Waals surface area contributed by atoms with Crippen molar-refractivity contribution in [3.8, 4) is 11.1 Å². The molecule has 7 heteroatoms. The SMILES string of the molecule is COC(=O)c1cc(F)c(F)cc1NC(=O)OCc1ccccc1-c1ccccc1. The van der Waals surface area contributed by atoms with Crippen molar-refractivity contribution < 1.29 is 27.8 Å². The van der Waals surface area contributed by atoms with Crippen LogP contribution in [0.3, 0.4) is 0 Å². The Labute approximate surface area is 165 Å². The Kier molecular flexibility index (Phi) is 6.19. The largest absolute Gasteiger partial charge is 0.465 e. The number of carbonyl (C=O) groups excluding carboxylic acids is 2. The number of benzene rings is 3. The van der Waals surface area contributed by atoms with Gasteiger partial charge in [-0.2, -0.15) is 0 Å². The van der Waals surface area contributed by atoms with Crippen LogP contribution in [-0.4, -0.2) is 19.2 Å². The summed E-state index contributed by atoms with van der Waals surface area (Å²) in [5.74, 6) is -3.38. The van der Waals surface area contributed by atoms with Crippen LogP contribution in [-0.2, 0) is 16.1 Å². The maximum absolute atomic E-state index is 13.5. The highest BCUT2D eigenvalue weighted by atomic mass is 19.2. The number of esters is 1. The van der Waals surface area contributed by atoms with Gasteiger partial charge in [0.1, 0.15) is 6.61 Å². The Morgan fingerprint density at radius 3 is 2.31 bits per heavy atom. The Morgan fingerprint density at radius 2 is 1.59 bits per heavy atom. The van der Waals surface area contributed by atoms with Crippen LogP contribution >= 0.6 is 0 Å². The van der Waals surface area contributed by atoms with Gasteiger partial charge in [0.25, 0.3) is 0 Å². The van der Waals surface area contributed by atoms with Crippen LogP contribution in [0.15, 0.2) is 66.7 Å². The standard InChI is InChI=1S/C22H17F2NO4/c1-28-21(26)17-11-18(23)19(24)12-20(17)25-22(27)29-13-15-9-5-6-10-16(15)14-7-3-2-4-8-14/h2-12H,13H2,1H3,(H,25,27). The van der Waals surface area contributed by atoms with Gasteiger partial charge in [0, 0.05) is 6.07 Å². The minimum Gasteiger partial charge on any atom is -0.465 e. The van der Waals surface area contributed by atoms with E-state index < -0.39 is 23.7 Å². The fraction of sp³-hybridized carbons (Fsp3) is 0.0909. The minimum absolute atomic E-state index is 0.0614. The number of hydrogen-bond donors (Lipinski definition) is 1. The van der Waals surface area contributed by atoms with Gasteiger partial charge in [0.05, 0.1) is 18.4 Å². The molecule has 1 amide bonds. The molecule has 0 spiro atoms. The molecule has 0 unspecified atom stereocenters. The second kappa shape index (κ2) is 8.97. The molecule has 0 radical (unpaired) electrons. The summed E-state index contributed by atoms with van der Waals surface area (Å²) in [6.45, 7) is -0.0614. The molecule has 0 atom stereocenters. The van der Waals surface area contributed by atoms with E-state index in [1.165, 1.54) is 0 Å². The van der Waals surface area contributed by atoms with Crippen LogP contribution < -0.4 is 5.32 Å². The highest BCUT2D eigenvalue weighted by molar-refractivity contribution is 5.99. The molecule has 3 aromatic carbocycles. The lowest BCUT2D eigenvalue weighted by atomic mass is 10.0. The number of ether oxygens (including phenoxy) is 2. The zero-order valence-electron chi connectivity index (χ0n) is 15.4. The number of hydrogen-bond acceptors (Lipinski definition) is 4. The highest BCUT2D eigenvalue weighted by Gasteiger charge is 2.19. The lowest BCUT2D eigenvalue weighted by Crippen LogP contribution is -2.17. The molecule has 1 N–H and O–H groups in total. The molecule has 3 rings (SSSR count). The second-order valence-electron chi connectivity index (χ2n) is 6.03. The summed E-state index contributed by atoms with van der Waals surface area (Å²) in [7, 11) is 1.09. The molecule has 148 valence electrons. The van der Waals surface area contributed by atoms with Crippen LogP contribution in [0.1, 0.15) is 15.9 Å². The van der Waals surface area contributed by atoms with E-state index >= 15 is 0 Å². The van der Waals surface area contributed by atoms with Gasteiger partial charge in [-0.3, -0.25) is 5.32 Å². The minimum atomic E-state index is -1.24. The van der Waals surface area contributed by atoms with Crippen LogP contribution in [0, 0.1) is 11.6 Å². The molecule has 0 aromatic heterocycles. The van der Waals surface area contributed by atoms with E-state index in [1.54, 1.807) is 0 Å². The van der Waals surface area contributed by atoms with E-state index in [9.17, 15) is 18.4 Å². The lowest BCUT2D eigenvalue weighted by Gasteiger charge is -2.13. The van der Waals surface area contributed by atoms with Gasteiger partial charge >= 0.3 is 12.1 Å². The van der Waals surface area contributed by atoms with Gasteiger partial charge in [-0.05, 0) is 22.8 Å². The molecule has 0 aliphatic heterocycles. The molecular weight excluding hydrogens is 380 g/mol. The van der Waals surface area contributed by atoms with Crippen molar-refractivity contribution >= 4 is 17.7 Å². The van der Waals surface area contributed by atoms with Crippen molar-refractivity contribution in [2.75, 3.05) is 12.4 Å². The van der Waals surface area contributed by atoms with Gasteiger partial charge in [-0.15, -0.1) is 0 Å². The summed E-state index contributed by atoms with van der Waals surface area (Å²) >= 11 is 0. The third-order valence-electron chi connectivity index (χ3n) is 4.16. The van der Waals surface area contributed by atoms with E-state index in [-0.39, 0.29) is 17.9 Å². The molecule has 0 heterocycles. The molecule has 0 aliphatic rings. The first-order chi connectivity index (χ1) is 14.0. The predicted octanol–water partition coefficient (Wildman–Crippen LogP) is 5.17. The molecule has 0 aliphatic carbocycles. The van der Waals surface area contributed by atoms with Crippen LogP contribution in [0.5, 0.6) is 0 Å². The molecule has 3 aromatic rings. The number of rotatable bonds is 5. The molecule has 0 fully saturated rings. The number of halogens is 2. The molecule has 5 nitrogen and oxygen atoms in total. The van der Waals surface area contributed by atoms with Crippen molar-refractivity contribution in [3.05, 3.63) is 89.5 Å². The summed E-state index contributed by atoms with van der Waals surface area (Å²) < 4.78 is 36.7. The van der Waals surface area contributed by atoms with Crippen LogP contribution in [0.4, 0.5) is 19.3 Å². The summed E-state index contributed by atoms with van der Waals surface area (Å²) in [4.78, 5) is 23.9. The molecular formula is C22H17F2NO4. The fourth-order valence-corrected chi connectivity index (χ4v) is 2.76. The Bertz CT molecular complexity index is 1040. The monoisotopic (exact) mass is 397 g/mol.